The Morgan fingerprint density at radius 2 is 1.94 bits per heavy atom. The smallest absolute Gasteiger partial charge is 0.248 e. The van der Waals surface area contributed by atoms with Crippen molar-refractivity contribution in [1.82, 2.24) is 0 Å². The van der Waals surface area contributed by atoms with E-state index in [-0.39, 0.29) is 24.9 Å². The van der Waals surface area contributed by atoms with Crippen molar-refractivity contribution in [2.45, 2.75) is 69.8 Å². The van der Waals surface area contributed by atoms with Crippen LogP contribution in [0.1, 0.15) is 57.8 Å². The van der Waals surface area contributed by atoms with E-state index in [2.05, 4.69) is 0 Å². The normalized spacial score (nSPS) is 43.5. The van der Waals surface area contributed by atoms with Gasteiger partial charge in [0.15, 0.2) is 0 Å². The van der Waals surface area contributed by atoms with E-state index >= 15 is 0 Å². The summed E-state index contributed by atoms with van der Waals surface area (Å²) in [4.78, 5) is 0. The summed E-state index contributed by atoms with van der Waals surface area (Å²) in [6.45, 7) is 0. The van der Waals surface area contributed by atoms with Gasteiger partial charge in [0.05, 0.1) is 6.10 Å². The molecule has 0 aromatic heterocycles. The number of rotatable bonds is 4. The fraction of sp³-hybridized carbons (Fsp3) is 1.00. The molecule has 0 aliphatic heterocycles. The highest BCUT2D eigenvalue weighted by atomic mass is 19.3. The van der Waals surface area contributed by atoms with Crippen molar-refractivity contribution in [3.63, 3.8) is 0 Å². The molecule has 3 fully saturated rings. The predicted molar refractivity (Wildman–Crippen MR) is 66.5 cm³/mol. The van der Waals surface area contributed by atoms with Crippen molar-refractivity contribution in [3.05, 3.63) is 0 Å². The Morgan fingerprint density at radius 1 is 1.11 bits per heavy atom. The molecule has 3 aliphatic rings. The standard InChI is InChI=1S/C15H24F2O/c16-15(17)4-3-11(9-15)7-14(18)8-13-6-10-1-2-12(13)5-10/h10-14,18H,1-9H2. The Balaban J connectivity index is 1.44. The van der Waals surface area contributed by atoms with Crippen molar-refractivity contribution in [2.75, 3.05) is 0 Å². The zero-order chi connectivity index (χ0) is 12.8. The maximum absolute atomic E-state index is 13.1. The van der Waals surface area contributed by atoms with E-state index in [0.29, 0.717) is 18.8 Å². The van der Waals surface area contributed by atoms with Gasteiger partial charge >= 0.3 is 0 Å². The largest absolute Gasteiger partial charge is 0.393 e. The fourth-order valence-electron chi connectivity index (χ4n) is 4.74. The first-order chi connectivity index (χ1) is 8.52. The number of hydrogen-bond donors (Lipinski definition) is 1. The Labute approximate surface area is 108 Å². The molecule has 1 N–H and O–H groups in total. The fourth-order valence-corrected chi connectivity index (χ4v) is 4.74. The summed E-state index contributed by atoms with van der Waals surface area (Å²) in [5, 5.41) is 10.1. The van der Waals surface area contributed by atoms with E-state index in [1.807, 2.05) is 0 Å². The van der Waals surface area contributed by atoms with Gasteiger partial charge in [0.2, 0.25) is 5.92 Å². The first-order valence-corrected chi connectivity index (χ1v) is 7.58. The maximum atomic E-state index is 13.1. The third-order valence-corrected chi connectivity index (χ3v) is 5.57. The summed E-state index contributed by atoms with van der Waals surface area (Å²) >= 11 is 0. The minimum atomic E-state index is -2.46. The molecule has 0 radical (unpaired) electrons. The van der Waals surface area contributed by atoms with Gasteiger partial charge in [0.25, 0.3) is 0 Å². The van der Waals surface area contributed by atoms with Gasteiger partial charge in [-0.2, -0.15) is 0 Å². The van der Waals surface area contributed by atoms with Gasteiger partial charge in [0.1, 0.15) is 0 Å². The van der Waals surface area contributed by atoms with Crippen LogP contribution in [-0.2, 0) is 0 Å². The number of aliphatic hydroxyl groups is 1. The van der Waals surface area contributed by atoms with E-state index in [0.717, 1.165) is 18.3 Å². The van der Waals surface area contributed by atoms with Crippen molar-refractivity contribution in [3.8, 4) is 0 Å². The highest BCUT2D eigenvalue weighted by molar-refractivity contribution is 4.91. The lowest BCUT2D eigenvalue weighted by Crippen LogP contribution is -2.21. The molecule has 104 valence electrons. The molecular formula is C15H24F2O. The second-order valence-electron chi connectivity index (χ2n) is 7.02. The van der Waals surface area contributed by atoms with Crippen LogP contribution in [0.25, 0.3) is 0 Å². The van der Waals surface area contributed by atoms with Crippen molar-refractivity contribution in [2.24, 2.45) is 23.7 Å². The molecule has 0 aromatic carbocycles. The molecule has 0 amide bonds. The molecule has 3 saturated carbocycles. The van der Waals surface area contributed by atoms with E-state index in [1.165, 1.54) is 25.7 Å². The molecule has 3 aliphatic carbocycles. The van der Waals surface area contributed by atoms with Crippen LogP contribution in [0.5, 0.6) is 0 Å². The molecule has 5 atom stereocenters. The van der Waals surface area contributed by atoms with Gasteiger partial charge in [-0.15, -0.1) is 0 Å². The number of hydrogen-bond acceptors (Lipinski definition) is 1. The lowest BCUT2D eigenvalue weighted by molar-refractivity contribution is 0.00183. The summed E-state index contributed by atoms with van der Waals surface area (Å²) in [6.07, 6.45) is 7.11. The molecule has 3 rings (SSSR count). The third kappa shape index (κ3) is 2.71. The monoisotopic (exact) mass is 258 g/mol. The lowest BCUT2D eigenvalue weighted by atomic mass is 9.83. The number of fused-ring (bicyclic) bond motifs is 2. The number of alkyl halides is 2. The second kappa shape index (κ2) is 4.73. The minimum absolute atomic E-state index is 0.000774. The van der Waals surface area contributed by atoms with E-state index in [1.54, 1.807) is 0 Å². The molecule has 0 heterocycles. The van der Waals surface area contributed by atoms with Crippen LogP contribution in [0.2, 0.25) is 0 Å². The van der Waals surface area contributed by atoms with Gasteiger partial charge in [-0.25, -0.2) is 8.78 Å². The quantitative estimate of drug-likeness (QED) is 0.808. The van der Waals surface area contributed by atoms with Crippen LogP contribution in [-0.4, -0.2) is 17.1 Å². The first-order valence-electron chi connectivity index (χ1n) is 7.58. The number of aliphatic hydroxyl groups excluding tert-OH is 1. The summed E-state index contributed by atoms with van der Waals surface area (Å²) in [5.74, 6) is 0.00326. The Bertz CT molecular complexity index is 305. The molecule has 3 heteroatoms. The molecule has 5 unspecified atom stereocenters. The van der Waals surface area contributed by atoms with Gasteiger partial charge in [-0.1, -0.05) is 6.42 Å². The summed E-state index contributed by atoms with van der Waals surface area (Å²) in [6, 6.07) is 0. The summed E-state index contributed by atoms with van der Waals surface area (Å²) in [5.41, 5.74) is 0. The van der Waals surface area contributed by atoms with Crippen molar-refractivity contribution in [1.29, 1.82) is 0 Å². The van der Waals surface area contributed by atoms with Crippen LogP contribution in [0.3, 0.4) is 0 Å². The zero-order valence-corrected chi connectivity index (χ0v) is 11.0. The molecule has 0 spiro atoms. The van der Waals surface area contributed by atoms with Crippen LogP contribution < -0.4 is 0 Å². The first kappa shape index (κ1) is 12.8. The predicted octanol–water partition coefficient (Wildman–Crippen LogP) is 4.00. The third-order valence-electron chi connectivity index (χ3n) is 5.57. The van der Waals surface area contributed by atoms with Crippen molar-refractivity contribution >= 4 is 0 Å². The van der Waals surface area contributed by atoms with E-state index in [4.69, 9.17) is 0 Å². The molecule has 1 nitrogen and oxygen atoms in total. The molecule has 0 saturated heterocycles. The van der Waals surface area contributed by atoms with E-state index < -0.39 is 5.92 Å². The van der Waals surface area contributed by atoms with Gasteiger partial charge in [-0.3, -0.25) is 0 Å². The minimum Gasteiger partial charge on any atom is -0.393 e. The van der Waals surface area contributed by atoms with E-state index in [9.17, 15) is 13.9 Å². The SMILES string of the molecule is OC(CC1CCC(F)(F)C1)CC1CC2CCC1C2. The lowest BCUT2D eigenvalue weighted by Gasteiger charge is -2.25. The van der Waals surface area contributed by atoms with Crippen LogP contribution in [0.15, 0.2) is 0 Å². The topological polar surface area (TPSA) is 20.2 Å². The highest BCUT2D eigenvalue weighted by Crippen LogP contribution is 2.50. The average molecular weight is 258 g/mol. The highest BCUT2D eigenvalue weighted by Gasteiger charge is 2.42. The van der Waals surface area contributed by atoms with Crippen LogP contribution in [0.4, 0.5) is 8.78 Å². The molecule has 0 aromatic rings. The van der Waals surface area contributed by atoms with Crippen LogP contribution in [0, 0.1) is 23.7 Å². The molecule has 2 bridgehead atoms. The Hall–Kier alpha value is -0.180. The molecular weight excluding hydrogens is 234 g/mol. The van der Waals surface area contributed by atoms with Gasteiger partial charge < -0.3 is 5.11 Å². The maximum Gasteiger partial charge on any atom is 0.248 e. The van der Waals surface area contributed by atoms with Gasteiger partial charge in [-0.05, 0) is 62.2 Å². The second-order valence-corrected chi connectivity index (χ2v) is 7.02. The van der Waals surface area contributed by atoms with Gasteiger partial charge in [0, 0.05) is 12.8 Å². The summed E-state index contributed by atoms with van der Waals surface area (Å²) < 4.78 is 26.2. The zero-order valence-electron chi connectivity index (χ0n) is 11.0. The number of halogens is 2. The molecule has 18 heavy (non-hydrogen) atoms. The average Bonchev–Trinajstić information content (AvgIpc) is 2.93. The Morgan fingerprint density at radius 3 is 2.50 bits per heavy atom. The van der Waals surface area contributed by atoms with Crippen LogP contribution >= 0.6 is 0 Å². The summed E-state index contributed by atoms with van der Waals surface area (Å²) in [7, 11) is 0. The van der Waals surface area contributed by atoms with Crippen molar-refractivity contribution < 1.29 is 13.9 Å². The Kier molecular flexibility index (Phi) is 3.38.